The van der Waals surface area contributed by atoms with E-state index in [2.05, 4.69) is 31.2 Å². The van der Waals surface area contributed by atoms with Gasteiger partial charge in [-0.15, -0.1) is 11.3 Å². The number of thiophene rings is 1. The summed E-state index contributed by atoms with van der Waals surface area (Å²) < 4.78 is 18.9. The topological polar surface area (TPSA) is 79.5 Å². The lowest BCUT2D eigenvalue weighted by Gasteiger charge is -2.04. The molecule has 0 saturated carbocycles. The molecule has 32 heavy (non-hydrogen) atoms. The van der Waals surface area contributed by atoms with Crippen LogP contribution < -0.4 is 4.74 Å². The molecule has 0 bridgehead atoms. The highest BCUT2D eigenvalue weighted by molar-refractivity contribution is 7.13. The summed E-state index contributed by atoms with van der Waals surface area (Å²) in [5.74, 6) is 0.704. The molecule has 6 rings (SSSR count). The molecule has 0 spiro atoms. The van der Waals surface area contributed by atoms with E-state index < -0.39 is 0 Å². The third-order valence-electron chi connectivity index (χ3n) is 5.45. The Bertz CT molecular complexity index is 1600. The average molecular weight is 441 g/mol. The largest absolute Gasteiger partial charge is 0.495 e. The number of nitrogens with one attached hydrogen (secondary N) is 2. The Kier molecular flexibility index (Phi) is 4.26. The highest BCUT2D eigenvalue weighted by atomic mass is 32.1. The number of fused-ring (bicyclic) bond motifs is 2. The number of nitrogens with zero attached hydrogens (tertiary/aromatic N) is 3. The summed E-state index contributed by atoms with van der Waals surface area (Å²) in [7, 11) is 1.63. The maximum absolute atomic E-state index is 13.6. The minimum Gasteiger partial charge on any atom is -0.495 e. The molecule has 0 unspecified atom stereocenters. The molecule has 6 aromatic rings. The van der Waals surface area contributed by atoms with Gasteiger partial charge < -0.3 is 9.72 Å². The van der Waals surface area contributed by atoms with Crippen LogP contribution in [0.4, 0.5) is 4.39 Å². The SMILES string of the molecule is COc1cncc(-c2ccc3[nH]nc(-c4cc5c(-c6ccc(F)s6)nccc5[nH]4)c3c2)c1. The van der Waals surface area contributed by atoms with Crippen molar-refractivity contribution in [2.45, 2.75) is 0 Å². The highest BCUT2D eigenvalue weighted by Gasteiger charge is 2.16. The van der Waals surface area contributed by atoms with Crippen molar-refractivity contribution in [1.82, 2.24) is 25.1 Å². The van der Waals surface area contributed by atoms with E-state index >= 15 is 0 Å². The van der Waals surface area contributed by atoms with Crippen molar-refractivity contribution in [2.75, 3.05) is 7.11 Å². The molecule has 0 amide bonds. The van der Waals surface area contributed by atoms with Crippen molar-refractivity contribution >= 4 is 33.1 Å². The number of aromatic nitrogens is 5. The van der Waals surface area contributed by atoms with E-state index in [0.717, 1.165) is 66.2 Å². The lowest BCUT2D eigenvalue weighted by Crippen LogP contribution is -1.86. The summed E-state index contributed by atoms with van der Waals surface area (Å²) in [6, 6.07) is 15.2. The fraction of sp³-hybridized carbons (Fsp3) is 0.0417. The van der Waals surface area contributed by atoms with Crippen LogP contribution in [-0.4, -0.2) is 32.3 Å². The van der Waals surface area contributed by atoms with Crippen LogP contribution in [0, 0.1) is 5.13 Å². The lowest BCUT2D eigenvalue weighted by molar-refractivity contribution is 0.413. The predicted octanol–water partition coefficient (Wildman–Crippen LogP) is 6.04. The van der Waals surface area contributed by atoms with E-state index in [-0.39, 0.29) is 5.13 Å². The second-order valence-corrected chi connectivity index (χ2v) is 8.39. The van der Waals surface area contributed by atoms with E-state index in [1.807, 2.05) is 36.5 Å². The molecule has 5 heterocycles. The minimum atomic E-state index is -0.229. The Labute approximate surface area is 185 Å². The van der Waals surface area contributed by atoms with Crippen LogP contribution in [0.15, 0.2) is 67.1 Å². The number of rotatable bonds is 4. The van der Waals surface area contributed by atoms with E-state index in [4.69, 9.17) is 4.74 Å². The lowest BCUT2D eigenvalue weighted by atomic mass is 10.0. The van der Waals surface area contributed by atoms with Gasteiger partial charge in [0.25, 0.3) is 0 Å². The maximum Gasteiger partial charge on any atom is 0.177 e. The zero-order valence-corrected chi connectivity index (χ0v) is 17.7. The van der Waals surface area contributed by atoms with Gasteiger partial charge in [0.1, 0.15) is 11.4 Å². The summed E-state index contributed by atoms with van der Waals surface area (Å²) in [6.07, 6.45) is 5.22. The minimum absolute atomic E-state index is 0.229. The standard InChI is InChI=1S/C24H16FN5OS/c1-31-15-8-14(11-26-12-15)13-2-3-19-16(9-13)23(30-29-19)20-10-17-18(28-20)6-7-27-24(17)21-4-5-22(25)32-21/h2-12,28H,1H3,(H,29,30). The fourth-order valence-corrected chi connectivity index (χ4v) is 4.65. The summed E-state index contributed by atoms with van der Waals surface area (Å²) in [5, 5.41) is 9.35. The third-order valence-corrected chi connectivity index (χ3v) is 6.34. The van der Waals surface area contributed by atoms with Gasteiger partial charge >= 0.3 is 0 Å². The normalized spacial score (nSPS) is 11.4. The Hall–Kier alpha value is -4.04. The quantitative estimate of drug-likeness (QED) is 0.349. The number of H-pyrrole nitrogens is 2. The molecule has 0 aliphatic rings. The molecule has 0 aliphatic carbocycles. The van der Waals surface area contributed by atoms with Crippen LogP contribution in [0.3, 0.4) is 0 Å². The van der Waals surface area contributed by atoms with E-state index in [0.29, 0.717) is 5.75 Å². The summed E-state index contributed by atoms with van der Waals surface area (Å²) >= 11 is 1.09. The van der Waals surface area contributed by atoms with E-state index in [1.54, 1.807) is 25.6 Å². The first kappa shape index (κ1) is 18.7. The Morgan fingerprint density at radius 3 is 2.66 bits per heavy atom. The van der Waals surface area contributed by atoms with Crippen LogP contribution in [0.2, 0.25) is 0 Å². The zero-order valence-electron chi connectivity index (χ0n) is 16.9. The second-order valence-electron chi connectivity index (χ2n) is 7.35. The van der Waals surface area contributed by atoms with Gasteiger partial charge in [-0.2, -0.15) is 9.49 Å². The molecular formula is C24H16FN5OS. The molecule has 6 nitrogen and oxygen atoms in total. The Morgan fingerprint density at radius 1 is 0.906 bits per heavy atom. The van der Waals surface area contributed by atoms with Crippen LogP contribution in [0.25, 0.3) is 54.9 Å². The maximum atomic E-state index is 13.6. The molecule has 2 N–H and O–H groups in total. The molecule has 0 atom stereocenters. The number of aromatic amines is 2. The van der Waals surface area contributed by atoms with Crippen molar-refractivity contribution in [3.05, 3.63) is 72.3 Å². The van der Waals surface area contributed by atoms with Gasteiger partial charge in [-0.25, -0.2) is 0 Å². The number of methoxy groups -OCH3 is 1. The van der Waals surface area contributed by atoms with E-state index in [9.17, 15) is 4.39 Å². The van der Waals surface area contributed by atoms with Crippen molar-refractivity contribution in [3.63, 3.8) is 0 Å². The smallest absolute Gasteiger partial charge is 0.177 e. The van der Waals surface area contributed by atoms with Gasteiger partial charge in [0.2, 0.25) is 0 Å². The first-order valence-electron chi connectivity index (χ1n) is 9.91. The van der Waals surface area contributed by atoms with Gasteiger partial charge in [-0.1, -0.05) is 6.07 Å². The van der Waals surface area contributed by atoms with Crippen molar-refractivity contribution in [2.24, 2.45) is 0 Å². The number of halogens is 1. The molecule has 8 heteroatoms. The first-order chi connectivity index (χ1) is 15.7. The molecule has 5 aromatic heterocycles. The van der Waals surface area contributed by atoms with Crippen LogP contribution >= 0.6 is 11.3 Å². The molecule has 0 aliphatic heterocycles. The number of benzene rings is 1. The average Bonchev–Trinajstić information content (AvgIpc) is 3.55. The molecular weight excluding hydrogens is 425 g/mol. The molecule has 0 saturated heterocycles. The number of hydrogen-bond acceptors (Lipinski definition) is 5. The first-order valence-corrected chi connectivity index (χ1v) is 10.7. The van der Waals surface area contributed by atoms with Crippen molar-refractivity contribution in [1.29, 1.82) is 0 Å². The van der Waals surface area contributed by atoms with Gasteiger partial charge in [0.15, 0.2) is 5.13 Å². The van der Waals surface area contributed by atoms with Gasteiger partial charge in [-0.05, 0) is 48.0 Å². The predicted molar refractivity (Wildman–Crippen MR) is 124 cm³/mol. The zero-order chi connectivity index (χ0) is 21.7. The van der Waals surface area contributed by atoms with Crippen molar-refractivity contribution in [3.8, 4) is 38.8 Å². The molecule has 1 aromatic carbocycles. The van der Waals surface area contributed by atoms with Crippen LogP contribution in [0.1, 0.15) is 0 Å². The van der Waals surface area contributed by atoms with Gasteiger partial charge in [-0.3, -0.25) is 15.1 Å². The van der Waals surface area contributed by atoms with Crippen molar-refractivity contribution < 1.29 is 9.13 Å². The summed E-state index contributed by atoms with van der Waals surface area (Å²) in [6.45, 7) is 0. The molecule has 156 valence electrons. The van der Waals surface area contributed by atoms with Gasteiger partial charge in [0.05, 0.1) is 35.1 Å². The summed E-state index contributed by atoms with van der Waals surface area (Å²) in [5.41, 5.74) is 6.23. The molecule has 0 radical (unpaired) electrons. The third kappa shape index (κ3) is 3.04. The highest BCUT2D eigenvalue weighted by Crippen LogP contribution is 2.36. The van der Waals surface area contributed by atoms with Gasteiger partial charge in [0, 0.05) is 34.2 Å². The number of ether oxygens (including phenoxy) is 1. The fourth-order valence-electron chi connectivity index (χ4n) is 3.91. The molecule has 0 fully saturated rings. The Morgan fingerprint density at radius 2 is 1.81 bits per heavy atom. The number of pyridine rings is 2. The van der Waals surface area contributed by atoms with Crippen LogP contribution in [-0.2, 0) is 0 Å². The number of hydrogen-bond donors (Lipinski definition) is 2. The van der Waals surface area contributed by atoms with E-state index in [1.165, 1.54) is 6.07 Å². The summed E-state index contributed by atoms with van der Waals surface area (Å²) in [4.78, 5) is 13.0. The van der Waals surface area contributed by atoms with Crippen LogP contribution in [0.5, 0.6) is 5.75 Å². The second kappa shape index (κ2) is 7.28. The monoisotopic (exact) mass is 441 g/mol. The Balaban J connectivity index is 1.49.